The van der Waals surface area contributed by atoms with Crippen LogP contribution in [0.15, 0.2) is 53.5 Å². The number of aryl methyl sites for hydroxylation is 2. The van der Waals surface area contributed by atoms with Crippen molar-refractivity contribution >= 4 is 56.4 Å². The van der Waals surface area contributed by atoms with Crippen LogP contribution in [0.25, 0.3) is 44.0 Å². The Balaban J connectivity index is 0.770. The summed E-state index contributed by atoms with van der Waals surface area (Å²) in [5.41, 5.74) is -0.278. The smallest absolute Gasteiger partial charge is 0.409 e. The summed E-state index contributed by atoms with van der Waals surface area (Å²) in [5.74, 6) is -1.35. The zero-order valence-corrected chi connectivity index (χ0v) is 41.2. The van der Waals surface area contributed by atoms with E-state index in [0.29, 0.717) is 96.1 Å². The molecule has 5 aliphatic rings. The Hall–Kier alpha value is -6.93. The molecule has 0 saturated carbocycles. The van der Waals surface area contributed by atoms with Crippen LogP contribution >= 0.6 is 0 Å². The largest absolute Gasteiger partial charge is 0.508 e. The van der Waals surface area contributed by atoms with Gasteiger partial charge in [-0.25, -0.2) is 18.4 Å². The fourth-order valence-electron chi connectivity index (χ4n) is 12.3. The summed E-state index contributed by atoms with van der Waals surface area (Å²) < 4.78 is 54.3. The lowest BCUT2D eigenvalue weighted by atomic mass is 9.94. The molecule has 5 aliphatic heterocycles. The first kappa shape index (κ1) is 48.3. The summed E-state index contributed by atoms with van der Waals surface area (Å²) in [6.45, 7) is 6.36. The molecule has 1 unspecified atom stereocenters. The van der Waals surface area contributed by atoms with Crippen LogP contribution in [0.4, 0.5) is 19.4 Å². The van der Waals surface area contributed by atoms with Gasteiger partial charge in [-0.2, -0.15) is 9.97 Å². The van der Waals surface area contributed by atoms with Crippen LogP contribution in [0.2, 0.25) is 0 Å². The van der Waals surface area contributed by atoms with E-state index in [4.69, 9.17) is 19.2 Å². The summed E-state index contributed by atoms with van der Waals surface area (Å²) in [5, 5.41) is 25.5. The number of anilines is 1. The maximum Gasteiger partial charge on any atom is 0.409 e. The number of likely N-dealkylation sites (tertiary alicyclic amines) is 1. The number of hydrogen-bond acceptors (Lipinski definition) is 14. The van der Waals surface area contributed by atoms with Crippen molar-refractivity contribution in [2.45, 2.75) is 114 Å². The molecule has 3 aromatic heterocycles. The predicted octanol–water partition coefficient (Wildman–Crippen LogP) is 6.43. The normalized spacial score (nSPS) is 23.9. The van der Waals surface area contributed by atoms with E-state index < -0.39 is 40.8 Å². The number of rotatable bonds is 11. The molecule has 73 heavy (non-hydrogen) atoms. The number of ether oxygens (including phenoxy) is 3. The number of amides is 3. The summed E-state index contributed by atoms with van der Waals surface area (Å²) in [4.78, 5) is 71.6. The zero-order chi connectivity index (χ0) is 50.9. The number of para-hydroxylation sites is 1. The van der Waals surface area contributed by atoms with Crippen LogP contribution < -0.4 is 25.4 Å². The van der Waals surface area contributed by atoms with Crippen LogP contribution in [-0.4, -0.2) is 131 Å². The summed E-state index contributed by atoms with van der Waals surface area (Å²) in [6, 6.07) is 10.2. The van der Waals surface area contributed by atoms with Gasteiger partial charge in [0.15, 0.2) is 5.82 Å². The van der Waals surface area contributed by atoms with Crippen molar-refractivity contribution in [3.8, 4) is 28.8 Å². The molecule has 3 amide bonds. The number of phenolic OH excluding ortho intramolecular Hbond substituents is 1. The Bertz CT molecular complexity index is 3260. The minimum absolute atomic E-state index is 0.0420. The van der Waals surface area contributed by atoms with Crippen molar-refractivity contribution in [2.24, 2.45) is 7.05 Å². The lowest BCUT2D eigenvalue weighted by Gasteiger charge is -2.38. The van der Waals surface area contributed by atoms with Gasteiger partial charge in [0.25, 0.3) is 0 Å². The van der Waals surface area contributed by atoms with E-state index in [1.807, 2.05) is 11.8 Å². The highest BCUT2D eigenvalue weighted by molar-refractivity contribution is 6.02. The number of fused-ring (bicyclic) bond motifs is 4. The molecular weight excluding hydrogens is 945 g/mol. The van der Waals surface area contributed by atoms with Crippen molar-refractivity contribution < 1.29 is 47.6 Å². The number of imidazole rings is 1. The van der Waals surface area contributed by atoms with E-state index in [1.165, 1.54) is 33.5 Å². The molecule has 0 bridgehead atoms. The van der Waals surface area contributed by atoms with Crippen molar-refractivity contribution in [1.82, 2.24) is 39.2 Å². The standard InChI is InChI=1S/C53H59F2N9O9/c1-4-34-37(54)11-10-30-24-32(65)25-35(42(30)34)44-43(55)45-36(26-56-44)47(62-20-6-17-52(2,70)28-62)59-49(58-45)72-29-53-18-7-21-63(53)31(14-19-53)27-71-51(69)61-22-15-33(16-23-61)73-40-9-5-8-38-46(40)60(3)50(68)64(38)39-12-13-41(66)57-48(39)67/h5,8-11,24-26,31,33,39,65,70H,4,6-7,12-23,27-29H2,1-3H3,(H,57,66,67)/t31-,39?,52+,53+/m0/s1. The van der Waals surface area contributed by atoms with Gasteiger partial charge >= 0.3 is 17.8 Å². The number of halogens is 2. The number of piperidine rings is 3. The average molecular weight is 1000 g/mol. The molecule has 0 radical (unpaired) electrons. The van der Waals surface area contributed by atoms with Gasteiger partial charge in [-0.1, -0.05) is 19.1 Å². The van der Waals surface area contributed by atoms with E-state index in [0.717, 1.165) is 32.2 Å². The number of carbonyl (C=O) groups is 3. The van der Waals surface area contributed by atoms with Crippen molar-refractivity contribution in [1.29, 1.82) is 0 Å². The molecule has 3 N–H and O–H groups in total. The lowest BCUT2D eigenvalue weighted by Crippen LogP contribution is -2.49. The van der Waals surface area contributed by atoms with Gasteiger partial charge < -0.3 is 34.2 Å². The van der Waals surface area contributed by atoms with Gasteiger partial charge in [0.2, 0.25) is 11.8 Å². The summed E-state index contributed by atoms with van der Waals surface area (Å²) >= 11 is 0. The zero-order valence-electron chi connectivity index (χ0n) is 41.2. The Morgan fingerprint density at radius 2 is 1.78 bits per heavy atom. The minimum atomic E-state index is -1.02. The fourth-order valence-corrected chi connectivity index (χ4v) is 12.3. The number of pyridine rings is 1. The fraction of sp³-hybridized carbons (Fsp3) is 0.491. The minimum Gasteiger partial charge on any atom is -0.508 e. The SMILES string of the molecule is CCc1c(F)ccc2cc(O)cc(-c3ncc4c(N5CCC[C@@](C)(O)C5)nc(OC[C@]56CCCN5[C@H](COC(=O)N5CCC(Oc7cccc8c7n(C)c(=O)n8C7CCC(=O)NC7=O)CC5)CC6)nc4c3F)c12. The van der Waals surface area contributed by atoms with E-state index in [9.17, 15) is 29.4 Å². The first-order chi connectivity index (χ1) is 35.1. The summed E-state index contributed by atoms with van der Waals surface area (Å²) in [6.07, 6.45) is 7.14. The highest BCUT2D eigenvalue weighted by Gasteiger charge is 2.50. The molecule has 4 atom stereocenters. The number of nitrogens with zero attached hydrogens (tertiary/aromatic N) is 8. The number of aliphatic hydroxyl groups is 1. The van der Waals surface area contributed by atoms with Crippen LogP contribution in [0, 0.1) is 11.6 Å². The number of β-amino-alcohol motifs (C(OH)–C–C–N with tert-alkyl or cyclic N) is 1. The lowest BCUT2D eigenvalue weighted by molar-refractivity contribution is -0.135. The Kier molecular flexibility index (Phi) is 12.5. The second-order valence-electron chi connectivity index (χ2n) is 20.7. The van der Waals surface area contributed by atoms with E-state index >= 15 is 8.78 Å². The second-order valence-corrected chi connectivity index (χ2v) is 20.7. The highest BCUT2D eigenvalue weighted by Crippen LogP contribution is 2.44. The second kappa shape index (κ2) is 18.8. The molecule has 8 heterocycles. The monoisotopic (exact) mass is 1000 g/mol. The van der Waals surface area contributed by atoms with Gasteiger partial charge in [-0.15, -0.1) is 0 Å². The number of benzene rings is 3. The van der Waals surface area contributed by atoms with Crippen molar-refractivity contribution in [2.75, 3.05) is 50.8 Å². The molecule has 6 aromatic rings. The number of phenols is 1. The Morgan fingerprint density at radius 1 is 0.973 bits per heavy atom. The highest BCUT2D eigenvalue weighted by atomic mass is 19.1. The molecule has 20 heteroatoms. The van der Waals surface area contributed by atoms with E-state index in [2.05, 4.69) is 20.2 Å². The number of hydrogen-bond donors (Lipinski definition) is 3. The molecule has 11 rings (SSSR count). The Labute approximate surface area is 418 Å². The van der Waals surface area contributed by atoms with Crippen LogP contribution in [0.3, 0.4) is 0 Å². The first-order valence-corrected chi connectivity index (χ1v) is 25.4. The van der Waals surface area contributed by atoms with Crippen LogP contribution in [-0.2, 0) is 27.8 Å². The predicted molar refractivity (Wildman–Crippen MR) is 266 cm³/mol. The van der Waals surface area contributed by atoms with E-state index in [1.54, 1.807) is 43.1 Å². The molecule has 5 fully saturated rings. The topological polar surface area (TPSA) is 207 Å². The van der Waals surface area contributed by atoms with Crippen LogP contribution in [0.1, 0.15) is 89.7 Å². The molecule has 0 spiro atoms. The molecular formula is C53H59F2N9O9. The number of imide groups is 1. The number of nitrogens with one attached hydrogen (secondary N) is 1. The molecule has 3 aromatic carbocycles. The van der Waals surface area contributed by atoms with Crippen LogP contribution in [0.5, 0.6) is 17.5 Å². The average Bonchev–Trinajstić information content (AvgIpc) is 4.02. The van der Waals surface area contributed by atoms with Gasteiger partial charge in [0, 0.05) is 70.3 Å². The van der Waals surface area contributed by atoms with Gasteiger partial charge in [0.1, 0.15) is 65.2 Å². The van der Waals surface area contributed by atoms with E-state index in [-0.39, 0.29) is 84.9 Å². The third kappa shape index (κ3) is 8.74. The third-order valence-electron chi connectivity index (χ3n) is 15.9. The maximum absolute atomic E-state index is 17.2. The molecule has 384 valence electrons. The van der Waals surface area contributed by atoms with Crippen molar-refractivity contribution in [3.05, 3.63) is 76.3 Å². The molecule has 5 saturated heterocycles. The summed E-state index contributed by atoms with van der Waals surface area (Å²) in [7, 11) is 1.63. The first-order valence-electron chi connectivity index (χ1n) is 25.4. The number of carbonyl (C=O) groups excluding carboxylic acids is 3. The number of aromatic nitrogens is 5. The Morgan fingerprint density at radius 3 is 2.56 bits per heavy atom. The van der Waals surface area contributed by atoms with Gasteiger partial charge in [0.05, 0.1) is 22.0 Å². The third-order valence-corrected chi connectivity index (χ3v) is 15.9. The maximum atomic E-state index is 17.2. The van der Waals surface area contributed by atoms with Gasteiger partial charge in [-0.3, -0.25) is 33.9 Å². The molecule has 18 nitrogen and oxygen atoms in total. The number of aromatic hydroxyl groups is 1. The quantitative estimate of drug-likeness (QED) is 0.120. The molecule has 0 aliphatic carbocycles. The van der Waals surface area contributed by atoms with Gasteiger partial charge in [-0.05, 0) is 112 Å². The van der Waals surface area contributed by atoms with Crippen molar-refractivity contribution in [3.63, 3.8) is 0 Å².